The van der Waals surface area contributed by atoms with Gasteiger partial charge in [-0.15, -0.1) is 0 Å². The van der Waals surface area contributed by atoms with Crippen molar-refractivity contribution in [2.75, 3.05) is 0 Å². The van der Waals surface area contributed by atoms with Crippen LogP contribution in [0.25, 0.3) is 0 Å². The van der Waals surface area contributed by atoms with Crippen molar-refractivity contribution in [3.05, 3.63) is 71.8 Å². The third-order valence-electron chi connectivity index (χ3n) is 4.13. The highest BCUT2D eigenvalue weighted by Gasteiger charge is 2.47. The van der Waals surface area contributed by atoms with E-state index in [1.54, 1.807) is 12.3 Å². The van der Waals surface area contributed by atoms with Crippen molar-refractivity contribution in [1.82, 2.24) is 4.72 Å². The molecule has 1 atom stereocenters. The van der Waals surface area contributed by atoms with E-state index < -0.39 is 5.60 Å². The first-order valence-electron chi connectivity index (χ1n) is 7.31. The Hall–Kier alpha value is -1.51. The van der Waals surface area contributed by atoms with Crippen molar-refractivity contribution in [2.45, 2.75) is 25.5 Å². The summed E-state index contributed by atoms with van der Waals surface area (Å²) in [6, 6.07) is 20.7. The van der Waals surface area contributed by atoms with Crippen molar-refractivity contribution in [2.24, 2.45) is 5.92 Å². The second-order valence-corrected chi connectivity index (χ2v) is 5.83. The van der Waals surface area contributed by atoms with Crippen molar-refractivity contribution in [1.29, 1.82) is 0 Å². The molecule has 104 valence electrons. The van der Waals surface area contributed by atoms with Gasteiger partial charge in [-0.25, -0.2) is 0 Å². The van der Waals surface area contributed by atoms with E-state index in [2.05, 4.69) is 38.1 Å². The summed E-state index contributed by atoms with van der Waals surface area (Å²) in [4.78, 5) is 0. The summed E-state index contributed by atoms with van der Waals surface area (Å²) in [6.45, 7) is 4.35. The summed E-state index contributed by atoms with van der Waals surface area (Å²) in [6.07, 6.45) is 0. The maximum atomic E-state index is 6.18. The van der Waals surface area contributed by atoms with Crippen molar-refractivity contribution < 1.29 is 4.65 Å². The fourth-order valence-corrected chi connectivity index (χ4v) is 3.32. The largest absolute Gasteiger partial charge is 0.591 e. The minimum atomic E-state index is -0.564. The minimum absolute atomic E-state index is 0.0438. The van der Waals surface area contributed by atoms with Crippen LogP contribution in [0.2, 0.25) is 0 Å². The summed E-state index contributed by atoms with van der Waals surface area (Å²) in [7, 11) is 7.83. The van der Waals surface area contributed by atoms with Crippen LogP contribution < -0.4 is 0 Å². The molecular formula is C17H18B2NO-. The van der Waals surface area contributed by atoms with Crippen molar-refractivity contribution in [3.8, 4) is 0 Å². The molecule has 2 aromatic rings. The predicted octanol–water partition coefficient (Wildman–Crippen LogP) is 2.90. The Bertz CT molecular complexity index is 549. The number of hydrogen-bond acceptors (Lipinski definition) is 2. The third kappa shape index (κ3) is 2.33. The molecular weight excluding hydrogens is 256 g/mol. The number of rotatable bonds is 3. The first kappa shape index (κ1) is 14.4. The van der Waals surface area contributed by atoms with Crippen molar-refractivity contribution in [3.63, 3.8) is 0 Å². The van der Waals surface area contributed by atoms with Gasteiger partial charge in [-0.2, -0.15) is 0 Å². The molecule has 0 saturated carbocycles. The molecule has 0 N–H and O–H groups in total. The molecule has 4 heteroatoms. The zero-order chi connectivity index (χ0) is 14.9. The highest BCUT2D eigenvalue weighted by atomic mass is 16.5. The molecule has 0 amide bonds. The van der Waals surface area contributed by atoms with Gasteiger partial charge in [0, 0.05) is 0 Å². The van der Waals surface area contributed by atoms with E-state index in [9.17, 15) is 0 Å². The molecule has 1 saturated heterocycles. The highest BCUT2D eigenvalue weighted by Crippen LogP contribution is 2.44. The van der Waals surface area contributed by atoms with Crippen LogP contribution in [0, 0.1) is 5.92 Å². The summed E-state index contributed by atoms with van der Waals surface area (Å²) in [5, 5.41) is 0. The SMILES string of the molecule is [B-]N1[B]OC(c2ccccc2)(c2ccccc2)[C@@H]1C(C)C. The lowest BCUT2D eigenvalue weighted by molar-refractivity contribution is 0.0882. The number of hydrogen-bond donors (Lipinski definition) is 0. The Morgan fingerprint density at radius 2 is 1.48 bits per heavy atom. The quantitative estimate of drug-likeness (QED) is 0.798. The Balaban J connectivity index is 2.21. The average molecular weight is 274 g/mol. The summed E-state index contributed by atoms with van der Waals surface area (Å²) in [5.74, 6) is 0.342. The molecule has 1 fully saturated rings. The molecule has 3 rings (SSSR count). The van der Waals surface area contributed by atoms with Gasteiger partial charge in [0.25, 0.3) is 0 Å². The Morgan fingerprint density at radius 1 is 1.00 bits per heavy atom. The maximum Gasteiger partial charge on any atom is 0.349 e. The summed E-state index contributed by atoms with van der Waals surface area (Å²) < 4.78 is 7.87. The first-order valence-corrected chi connectivity index (χ1v) is 7.31. The van der Waals surface area contributed by atoms with Crippen LogP contribution in [-0.4, -0.2) is 26.4 Å². The predicted molar refractivity (Wildman–Crippen MR) is 86.7 cm³/mol. The third-order valence-corrected chi connectivity index (χ3v) is 4.13. The molecule has 1 heterocycles. The van der Waals surface area contributed by atoms with Crippen LogP contribution in [0.5, 0.6) is 0 Å². The van der Waals surface area contributed by atoms with Gasteiger partial charge in [-0.3, -0.25) is 0 Å². The van der Waals surface area contributed by atoms with E-state index >= 15 is 0 Å². The van der Waals surface area contributed by atoms with E-state index in [4.69, 9.17) is 12.6 Å². The molecule has 0 bridgehead atoms. The zero-order valence-electron chi connectivity index (χ0n) is 12.4. The molecule has 1 aliphatic rings. The van der Waals surface area contributed by atoms with Gasteiger partial charge in [0.05, 0.1) is 0 Å². The summed E-state index contributed by atoms with van der Waals surface area (Å²) in [5.41, 5.74) is 1.68. The molecule has 0 aliphatic carbocycles. The maximum absolute atomic E-state index is 6.18. The fraction of sp³-hybridized carbons (Fsp3) is 0.294. The lowest BCUT2D eigenvalue weighted by atomic mass is 9.75. The van der Waals surface area contributed by atoms with E-state index in [1.807, 2.05) is 36.4 Å². The zero-order valence-corrected chi connectivity index (χ0v) is 12.4. The van der Waals surface area contributed by atoms with E-state index in [0.29, 0.717) is 5.92 Å². The monoisotopic (exact) mass is 274 g/mol. The van der Waals surface area contributed by atoms with Crippen LogP contribution in [-0.2, 0) is 10.3 Å². The van der Waals surface area contributed by atoms with Gasteiger partial charge in [0.15, 0.2) is 0 Å². The molecule has 0 aromatic heterocycles. The van der Waals surface area contributed by atoms with Gasteiger partial charge >= 0.3 is 7.62 Å². The van der Waals surface area contributed by atoms with Crippen LogP contribution in [0.15, 0.2) is 60.7 Å². The molecule has 4 radical (unpaired) electrons. The van der Waals surface area contributed by atoms with Crippen LogP contribution in [0.1, 0.15) is 25.0 Å². The molecule has 1 aliphatic heterocycles. The van der Waals surface area contributed by atoms with Crippen LogP contribution >= 0.6 is 0 Å². The Morgan fingerprint density at radius 3 is 1.90 bits per heavy atom. The van der Waals surface area contributed by atoms with Crippen molar-refractivity contribution >= 4 is 15.6 Å². The van der Waals surface area contributed by atoms with Gasteiger partial charge in [-0.1, -0.05) is 74.5 Å². The van der Waals surface area contributed by atoms with Gasteiger partial charge in [0.2, 0.25) is 0 Å². The van der Waals surface area contributed by atoms with Gasteiger partial charge < -0.3 is 17.4 Å². The number of nitrogens with zero attached hydrogens (tertiary/aromatic N) is 1. The number of benzene rings is 2. The van der Waals surface area contributed by atoms with Gasteiger partial charge in [0.1, 0.15) is 5.60 Å². The molecule has 21 heavy (non-hydrogen) atoms. The highest BCUT2D eigenvalue weighted by molar-refractivity contribution is 6.37. The normalized spacial score (nSPS) is 21.4. The topological polar surface area (TPSA) is 12.5 Å². The average Bonchev–Trinajstić information content (AvgIpc) is 2.88. The smallest absolute Gasteiger partial charge is 0.349 e. The lowest BCUT2D eigenvalue weighted by Gasteiger charge is -2.45. The minimum Gasteiger partial charge on any atom is -0.591 e. The Labute approximate surface area is 128 Å². The fourth-order valence-electron chi connectivity index (χ4n) is 3.32. The van der Waals surface area contributed by atoms with E-state index in [1.165, 1.54) is 0 Å². The summed E-state index contributed by atoms with van der Waals surface area (Å²) >= 11 is 0. The first-order chi connectivity index (χ1) is 10.2. The second kappa shape index (κ2) is 5.70. The second-order valence-electron chi connectivity index (χ2n) is 5.83. The molecule has 0 spiro atoms. The van der Waals surface area contributed by atoms with Crippen LogP contribution in [0.4, 0.5) is 0 Å². The molecule has 2 aromatic carbocycles. The van der Waals surface area contributed by atoms with E-state index in [0.717, 1.165) is 11.1 Å². The Kier molecular flexibility index (Phi) is 3.92. The lowest BCUT2D eigenvalue weighted by Crippen LogP contribution is -2.46. The standard InChI is InChI=1S/C17H18B2NO/c1-13(2)16-17(21-19-20(16)18,14-9-5-3-6-10-14)15-11-7-4-8-12-15/h3-13,16H,1-2H3/q-1/t16-/m0/s1. The van der Waals surface area contributed by atoms with Gasteiger partial charge in [-0.05, 0) is 23.1 Å². The van der Waals surface area contributed by atoms with E-state index in [-0.39, 0.29) is 6.04 Å². The van der Waals surface area contributed by atoms with Crippen LogP contribution in [0.3, 0.4) is 0 Å². The molecule has 0 unspecified atom stereocenters. The molecule has 2 nitrogen and oxygen atoms in total.